The molecular weight excluding hydrogens is 162 g/mol. The minimum atomic E-state index is 0.798. The van der Waals surface area contributed by atoms with Crippen molar-refractivity contribution in [1.82, 2.24) is 9.78 Å². The van der Waals surface area contributed by atoms with Crippen molar-refractivity contribution < 1.29 is 0 Å². The van der Waals surface area contributed by atoms with E-state index in [9.17, 15) is 0 Å². The lowest BCUT2D eigenvalue weighted by Crippen LogP contribution is -2.19. The van der Waals surface area contributed by atoms with Gasteiger partial charge in [-0.1, -0.05) is 6.08 Å². The number of aliphatic imine (C=N–C) groups is 1. The molecule has 13 heavy (non-hydrogen) atoms. The van der Waals surface area contributed by atoms with E-state index in [0.29, 0.717) is 0 Å². The molecule has 0 fully saturated rings. The third kappa shape index (κ3) is 0.963. The van der Waals surface area contributed by atoms with E-state index in [4.69, 9.17) is 0 Å². The highest BCUT2D eigenvalue weighted by Crippen LogP contribution is 2.24. The summed E-state index contributed by atoms with van der Waals surface area (Å²) in [6, 6.07) is 2.04. The average molecular weight is 173 g/mol. The fourth-order valence-electron chi connectivity index (χ4n) is 1.97. The second-order valence-electron chi connectivity index (χ2n) is 3.48. The molecule has 0 amide bonds. The first kappa shape index (κ1) is 7.06. The summed E-state index contributed by atoms with van der Waals surface area (Å²) in [6.45, 7) is 0.798. The molecule has 1 aliphatic carbocycles. The summed E-state index contributed by atoms with van der Waals surface area (Å²) in [5, 5.41) is 4.31. The Hall–Kier alpha value is -1.38. The third-order valence-corrected chi connectivity index (χ3v) is 2.63. The highest BCUT2D eigenvalue weighted by molar-refractivity contribution is 6.19. The van der Waals surface area contributed by atoms with E-state index in [-0.39, 0.29) is 0 Å². The van der Waals surface area contributed by atoms with Gasteiger partial charge in [0.25, 0.3) is 0 Å². The topological polar surface area (TPSA) is 30.2 Å². The number of allylic oxidation sites excluding steroid dienone is 2. The van der Waals surface area contributed by atoms with Gasteiger partial charge in [-0.3, -0.25) is 4.99 Å². The van der Waals surface area contributed by atoms with Gasteiger partial charge in [-0.05, 0) is 25.3 Å². The van der Waals surface area contributed by atoms with E-state index in [0.717, 1.165) is 19.4 Å². The second-order valence-corrected chi connectivity index (χ2v) is 3.48. The van der Waals surface area contributed by atoms with Crippen molar-refractivity contribution in [3.8, 4) is 0 Å². The summed E-state index contributed by atoms with van der Waals surface area (Å²) in [7, 11) is 0. The Labute approximate surface area is 76.8 Å². The van der Waals surface area contributed by atoms with E-state index >= 15 is 0 Å². The van der Waals surface area contributed by atoms with Crippen molar-refractivity contribution in [2.75, 3.05) is 0 Å². The molecule has 0 aromatic carbocycles. The van der Waals surface area contributed by atoms with Crippen LogP contribution in [-0.2, 0) is 6.54 Å². The summed E-state index contributed by atoms with van der Waals surface area (Å²) in [5.41, 5.74) is 3.66. The quantitative estimate of drug-likeness (QED) is 0.589. The molecule has 2 aliphatic rings. The van der Waals surface area contributed by atoms with E-state index in [1.54, 1.807) is 0 Å². The van der Waals surface area contributed by atoms with E-state index in [1.165, 1.54) is 23.5 Å². The van der Waals surface area contributed by atoms with Crippen LogP contribution in [-0.4, -0.2) is 15.5 Å². The Bertz CT molecular complexity index is 398. The van der Waals surface area contributed by atoms with Crippen molar-refractivity contribution in [2.24, 2.45) is 4.99 Å². The lowest BCUT2D eigenvalue weighted by atomic mass is 10.0. The van der Waals surface area contributed by atoms with Gasteiger partial charge in [-0.15, -0.1) is 0 Å². The van der Waals surface area contributed by atoms with Gasteiger partial charge < -0.3 is 0 Å². The molecular formula is C10H11N3. The van der Waals surface area contributed by atoms with Gasteiger partial charge in [0.2, 0.25) is 0 Å². The predicted molar refractivity (Wildman–Crippen MR) is 51.5 cm³/mol. The summed E-state index contributed by atoms with van der Waals surface area (Å²) >= 11 is 0. The normalized spacial score (nSPS) is 20.0. The van der Waals surface area contributed by atoms with Gasteiger partial charge >= 0.3 is 0 Å². The van der Waals surface area contributed by atoms with E-state index in [1.807, 2.05) is 16.9 Å². The Morgan fingerprint density at radius 1 is 1.38 bits per heavy atom. The van der Waals surface area contributed by atoms with Crippen molar-refractivity contribution in [1.29, 1.82) is 0 Å². The van der Waals surface area contributed by atoms with Crippen molar-refractivity contribution in [2.45, 2.75) is 25.8 Å². The Balaban J connectivity index is 2.17. The monoisotopic (exact) mass is 173 g/mol. The van der Waals surface area contributed by atoms with Crippen molar-refractivity contribution >= 4 is 11.4 Å². The molecule has 2 heterocycles. The zero-order chi connectivity index (χ0) is 8.67. The van der Waals surface area contributed by atoms with Gasteiger partial charge in [0.15, 0.2) is 0 Å². The molecule has 0 bridgehead atoms. The maximum absolute atomic E-state index is 4.55. The fraction of sp³-hybridized carbons (Fsp3) is 0.400. The molecule has 0 unspecified atom stereocenters. The minimum Gasteiger partial charge on any atom is -0.281 e. The zero-order valence-corrected chi connectivity index (χ0v) is 7.40. The highest BCUT2D eigenvalue weighted by Gasteiger charge is 2.19. The number of hydrogen-bond donors (Lipinski definition) is 0. The largest absolute Gasteiger partial charge is 0.281 e. The lowest BCUT2D eigenvalue weighted by Gasteiger charge is -2.21. The number of rotatable bonds is 0. The molecule has 0 saturated carbocycles. The van der Waals surface area contributed by atoms with Crippen LogP contribution in [0.25, 0.3) is 5.70 Å². The zero-order valence-electron chi connectivity index (χ0n) is 7.40. The molecule has 3 rings (SSSR count). The van der Waals surface area contributed by atoms with E-state index < -0.39 is 0 Å². The minimum absolute atomic E-state index is 0.798. The predicted octanol–water partition coefficient (Wildman–Crippen LogP) is 1.86. The van der Waals surface area contributed by atoms with Crippen LogP contribution in [0.15, 0.2) is 23.3 Å². The van der Waals surface area contributed by atoms with Crippen LogP contribution < -0.4 is 0 Å². The molecule has 0 atom stereocenters. The third-order valence-electron chi connectivity index (χ3n) is 2.63. The molecule has 0 saturated heterocycles. The molecule has 3 nitrogen and oxygen atoms in total. The van der Waals surface area contributed by atoms with Crippen LogP contribution in [0.5, 0.6) is 0 Å². The van der Waals surface area contributed by atoms with Crippen LogP contribution in [0.4, 0.5) is 0 Å². The lowest BCUT2D eigenvalue weighted by molar-refractivity contribution is 0.769. The Morgan fingerprint density at radius 2 is 2.38 bits per heavy atom. The molecule has 66 valence electrons. The molecule has 0 N–H and O–H groups in total. The number of hydrogen-bond acceptors (Lipinski definition) is 2. The summed E-state index contributed by atoms with van der Waals surface area (Å²) in [6.07, 6.45) is 7.61. The molecule has 1 aromatic heterocycles. The average Bonchev–Trinajstić information content (AvgIpc) is 2.65. The highest BCUT2D eigenvalue weighted by atomic mass is 15.3. The molecule has 0 spiro atoms. The van der Waals surface area contributed by atoms with Crippen LogP contribution in [0, 0.1) is 0 Å². The van der Waals surface area contributed by atoms with Gasteiger partial charge in [-0.2, -0.15) is 5.10 Å². The van der Waals surface area contributed by atoms with Crippen LogP contribution >= 0.6 is 0 Å². The number of aromatic nitrogens is 2. The summed E-state index contributed by atoms with van der Waals surface area (Å²) < 4.78 is 2.03. The van der Waals surface area contributed by atoms with Gasteiger partial charge in [0.1, 0.15) is 0 Å². The van der Waals surface area contributed by atoms with Crippen molar-refractivity contribution in [3.05, 3.63) is 24.0 Å². The number of fused-ring (bicyclic) bond motifs is 3. The first-order valence-corrected chi connectivity index (χ1v) is 4.72. The standard InChI is InChI=1S/C10H11N3/c1-2-4-10-9(3-1)11-7-8-5-6-12-13(8)10/h4-6H,1-3,7H2. The molecule has 0 radical (unpaired) electrons. The molecule has 1 aliphatic heterocycles. The first-order chi connectivity index (χ1) is 6.45. The molecule has 3 heteroatoms. The van der Waals surface area contributed by atoms with E-state index in [2.05, 4.69) is 16.2 Å². The van der Waals surface area contributed by atoms with Crippen LogP contribution in [0.2, 0.25) is 0 Å². The second kappa shape index (κ2) is 2.55. The van der Waals surface area contributed by atoms with Crippen LogP contribution in [0.3, 0.4) is 0 Å². The fourth-order valence-corrected chi connectivity index (χ4v) is 1.97. The first-order valence-electron chi connectivity index (χ1n) is 4.72. The summed E-state index contributed by atoms with van der Waals surface area (Å²) in [5.74, 6) is 0. The van der Waals surface area contributed by atoms with Crippen LogP contribution in [0.1, 0.15) is 25.0 Å². The Kier molecular flexibility index (Phi) is 1.39. The SMILES string of the molecule is C1=C2C(=NCc3ccnn32)CCC1. The summed E-state index contributed by atoms with van der Waals surface area (Å²) in [4.78, 5) is 4.55. The van der Waals surface area contributed by atoms with Gasteiger partial charge in [0, 0.05) is 6.20 Å². The van der Waals surface area contributed by atoms with Gasteiger partial charge in [-0.25, -0.2) is 4.68 Å². The smallest absolute Gasteiger partial charge is 0.0820 e. The Morgan fingerprint density at radius 3 is 3.38 bits per heavy atom. The maximum Gasteiger partial charge on any atom is 0.0820 e. The van der Waals surface area contributed by atoms with Crippen molar-refractivity contribution in [3.63, 3.8) is 0 Å². The number of nitrogens with zero attached hydrogens (tertiary/aromatic N) is 3. The van der Waals surface area contributed by atoms with Gasteiger partial charge in [0.05, 0.1) is 23.6 Å². The molecule has 1 aromatic rings. The maximum atomic E-state index is 4.55.